The number of hydrogen-bond donors (Lipinski definition) is 1. The molecule has 3 aromatic rings. The maximum atomic E-state index is 13.0. The molecule has 0 unspecified atom stereocenters. The molecule has 1 heterocycles. The number of hydrogen-bond acceptors (Lipinski definition) is 2. The van der Waals surface area contributed by atoms with Gasteiger partial charge in [0.05, 0.1) is 5.52 Å². The molecule has 0 aliphatic carbocycles. The van der Waals surface area contributed by atoms with Crippen LogP contribution in [0.3, 0.4) is 0 Å². The number of nitrogens with one attached hydrogen (secondary N) is 1. The molecule has 0 aliphatic heterocycles. The molecule has 3 nitrogen and oxygen atoms in total. The molecule has 0 atom stereocenters. The Morgan fingerprint density at radius 2 is 1.67 bits per heavy atom. The highest BCUT2D eigenvalue weighted by molar-refractivity contribution is 5.83. The number of aromatic nitrogens is 1. The Hall–Kier alpha value is -2.39. The van der Waals surface area contributed by atoms with Crippen LogP contribution in [-0.2, 0) is 13.1 Å². The van der Waals surface area contributed by atoms with Crippen LogP contribution in [0.2, 0.25) is 0 Å². The third-order valence-corrected chi connectivity index (χ3v) is 4.74. The Bertz CT molecular complexity index is 926. The zero-order valence-corrected chi connectivity index (χ0v) is 14.8. The van der Waals surface area contributed by atoms with Gasteiger partial charge in [-0.15, -0.1) is 0 Å². The van der Waals surface area contributed by atoms with Crippen LogP contribution in [-0.4, -0.2) is 16.9 Å². The second kappa shape index (κ2) is 6.62. The number of benzene rings is 2. The van der Waals surface area contributed by atoms with Crippen molar-refractivity contribution in [2.45, 2.75) is 33.9 Å². The van der Waals surface area contributed by atoms with Gasteiger partial charge in [0.1, 0.15) is 0 Å². The van der Waals surface area contributed by atoms with Crippen LogP contribution in [0.5, 0.6) is 0 Å². The molecule has 124 valence electrons. The van der Waals surface area contributed by atoms with Crippen molar-refractivity contribution >= 4 is 10.9 Å². The van der Waals surface area contributed by atoms with E-state index < -0.39 is 0 Å². The van der Waals surface area contributed by atoms with Gasteiger partial charge < -0.3 is 4.98 Å². The minimum absolute atomic E-state index is 0.143. The molecule has 0 amide bonds. The first-order chi connectivity index (χ1) is 11.5. The van der Waals surface area contributed by atoms with Crippen LogP contribution in [0.25, 0.3) is 10.9 Å². The Morgan fingerprint density at radius 1 is 0.958 bits per heavy atom. The average Bonchev–Trinajstić information content (AvgIpc) is 2.56. The van der Waals surface area contributed by atoms with Crippen molar-refractivity contribution < 1.29 is 0 Å². The van der Waals surface area contributed by atoms with Crippen LogP contribution in [0.15, 0.2) is 47.3 Å². The van der Waals surface area contributed by atoms with E-state index in [0.717, 1.165) is 34.3 Å². The van der Waals surface area contributed by atoms with Gasteiger partial charge in [-0.3, -0.25) is 9.69 Å². The minimum atomic E-state index is 0.143. The molecular weight excluding hydrogens is 296 g/mol. The Labute approximate surface area is 143 Å². The lowest BCUT2D eigenvalue weighted by Crippen LogP contribution is -2.24. The molecule has 0 bridgehead atoms. The first kappa shape index (κ1) is 16.5. The normalized spacial score (nSPS) is 11.4. The number of aromatic amines is 1. The summed E-state index contributed by atoms with van der Waals surface area (Å²) < 4.78 is 0. The van der Waals surface area contributed by atoms with Crippen LogP contribution in [0.4, 0.5) is 0 Å². The van der Waals surface area contributed by atoms with E-state index in [2.05, 4.69) is 42.9 Å². The maximum Gasteiger partial charge on any atom is 0.194 e. The summed E-state index contributed by atoms with van der Waals surface area (Å²) in [7, 11) is 2.05. The molecule has 3 heteroatoms. The SMILES string of the molecule is Cc1ccc2c(=O)c(CN(C)Cc3ccccc3)c(C)[nH]c2c1C. The van der Waals surface area contributed by atoms with E-state index in [1.54, 1.807) is 0 Å². The molecule has 0 saturated heterocycles. The van der Waals surface area contributed by atoms with Gasteiger partial charge in [0, 0.05) is 29.7 Å². The first-order valence-electron chi connectivity index (χ1n) is 8.31. The maximum absolute atomic E-state index is 13.0. The minimum Gasteiger partial charge on any atom is -0.358 e. The number of H-pyrrole nitrogens is 1. The van der Waals surface area contributed by atoms with E-state index in [0.29, 0.717) is 6.54 Å². The van der Waals surface area contributed by atoms with Gasteiger partial charge in [-0.25, -0.2) is 0 Å². The van der Waals surface area contributed by atoms with Gasteiger partial charge in [0.25, 0.3) is 0 Å². The summed E-state index contributed by atoms with van der Waals surface area (Å²) in [6.07, 6.45) is 0. The van der Waals surface area contributed by atoms with Crippen LogP contribution in [0, 0.1) is 20.8 Å². The molecule has 0 saturated carbocycles. The van der Waals surface area contributed by atoms with Crippen molar-refractivity contribution in [2.75, 3.05) is 7.05 Å². The largest absolute Gasteiger partial charge is 0.358 e. The monoisotopic (exact) mass is 320 g/mol. The van der Waals surface area contributed by atoms with E-state index in [4.69, 9.17) is 0 Å². The van der Waals surface area contributed by atoms with Crippen molar-refractivity contribution in [2.24, 2.45) is 0 Å². The lowest BCUT2D eigenvalue weighted by atomic mass is 10.0. The number of pyridine rings is 1. The zero-order valence-electron chi connectivity index (χ0n) is 14.8. The molecule has 0 radical (unpaired) electrons. The summed E-state index contributed by atoms with van der Waals surface area (Å²) in [4.78, 5) is 18.6. The third-order valence-electron chi connectivity index (χ3n) is 4.74. The lowest BCUT2D eigenvalue weighted by molar-refractivity contribution is 0.317. The van der Waals surface area contributed by atoms with Crippen molar-refractivity contribution in [1.29, 1.82) is 0 Å². The summed E-state index contributed by atoms with van der Waals surface area (Å²) in [6.45, 7) is 7.59. The fourth-order valence-corrected chi connectivity index (χ4v) is 3.17. The smallest absolute Gasteiger partial charge is 0.194 e. The summed E-state index contributed by atoms with van der Waals surface area (Å²) in [5.74, 6) is 0. The van der Waals surface area contributed by atoms with E-state index in [9.17, 15) is 4.79 Å². The molecule has 0 spiro atoms. The Kier molecular flexibility index (Phi) is 4.54. The Morgan fingerprint density at radius 3 is 2.38 bits per heavy atom. The van der Waals surface area contributed by atoms with Crippen LogP contribution >= 0.6 is 0 Å². The van der Waals surface area contributed by atoms with Gasteiger partial charge in [-0.05, 0) is 50.6 Å². The molecule has 3 rings (SSSR count). The van der Waals surface area contributed by atoms with Crippen molar-refractivity contribution in [3.05, 3.63) is 80.6 Å². The predicted octanol–water partition coefficient (Wildman–Crippen LogP) is 4.09. The number of rotatable bonds is 4. The van der Waals surface area contributed by atoms with Gasteiger partial charge in [-0.2, -0.15) is 0 Å². The molecule has 2 aromatic carbocycles. The van der Waals surface area contributed by atoms with Gasteiger partial charge >= 0.3 is 0 Å². The first-order valence-corrected chi connectivity index (χ1v) is 8.31. The molecule has 24 heavy (non-hydrogen) atoms. The van der Waals surface area contributed by atoms with Crippen molar-refractivity contribution in [1.82, 2.24) is 9.88 Å². The lowest BCUT2D eigenvalue weighted by Gasteiger charge is -2.18. The van der Waals surface area contributed by atoms with E-state index in [1.807, 2.05) is 37.3 Å². The number of fused-ring (bicyclic) bond motifs is 1. The zero-order chi connectivity index (χ0) is 17.3. The van der Waals surface area contributed by atoms with Gasteiger partial charge in [0.2, 0.25) is 0 Å². The highest BCUT2D eigenvalue weighted by Crippen LogP contribution is 2.19. The molecule has 0 aliphatic rings. The quantitative estimate of drug-likeness (QED) is 0.786. The highest BCUT2D eigenvalue weighted by atomic mass is 16.1. The van der Waals surface area contributed by atoms with E-state index >= 15 is 0 Å². The second-order valence-corrected chi connectivity index (χ2v) is 6.65. The van der Waals surface area contributed by atoms with Gasteiger partial charge in [-0.1, -0.05) is 36.4 Å². The van der Waals surface area contributed by atoms with Crippen molar-refractivity contribution in [3.8, 4) is 0 Å². The average molecular weight is 320 g/mol. The summed E-state index contributed by atoms with van der Waals surface area (Å²) in [5, 5.41) is 0.784. The van der Waals surface area contributed by atoms with Crippen LogP contribution < -0.4 is 5.43 Å². The molecular formula is C21H24N2O. The van der Waals surface area contributed by atoms with Gasteiger partial charge in [0.15, 0.2) is 5.43 Å². The molecule has 1 aromatic heterocycles. The second-order valence-electron chi connectivity index (χ2n) is 6.65. The fraction of sp³-hybridized carbons (Fsp3) is 0.286. The predicted molar refractivity (Wildman–Crippen MR) is 100 cm³/mol. The molecule has 1 N–H and O–H groups in total. The van der Waals surface area contributed by atoms with Crippen molar-refractivity contribution in [3.63, 3.8) is 0 Å². The Balaban J connectivity index is 1.95. The standard InChI is InChI=1S/C21H24N2O/c1-14-10-11-18-20(15(14)2)22-16(3)19(21(18)24)13-23(4)12-17-8-6-5-7-9-17/h5-11H,12-13H2,1-4H3,(H,22,24). The summed E-state index contributed by atoms with van der Waals surface area (Å²) in [5.41, 5.74) is 6.52. The topological polar surface area (TPSA) is 36.1 Å². The van der Waals surface area contributed by atoms with Crippen LogP contribution in [0.1, 0.15) is 27.9 Å². The third kappa shape index (κ3) is 3.13. The molecule has 0 fully saturated rings. The van der Waals surface area contributed by atoms with E-state index in [-0.39, 0.29) is 5.43 Å². The summed E-state index contributed by atoms with van der Waals surface area (Å²) >= 11 is 0. The summed E-state index contributed by atoms with van der Waals surface area (Å²) in [6, 6.07) is 14.3. The number of nitrogens with zero attached hydrogens (tertiary/aromatic N) is 1. The fourth-order valence-electron chi connectivity index (χ4n) is 3.17. The number of aryl methyl sites for hydroxylation is 3. The highest BCUT2D eigenvalue weighted by Gasteiger charge is 2.13. The van der Waals surface area contributed by atoms with E-state index in [1.165, 1.54) is 11.1 Å².